The Morgan fingerprint density at radius 3 is 2.22 bits per heavy atom. The lowest BCUT2D eigenvalue weighted by Gasteiger charge is -2.16. The highest BCUT2D eigenvalue weighted by Crippen LogP contribution is 2.21. The van der Waals surface area contributed by atoms with Crippen LogP contribution in [0.2, 0.25) is 0 Å². The Kier molecular flexibility index (Phi) is 4.08. The summed E-state index contributed by atoms with van der Waals surface area (Å²) in [5, 5.41) is 7.18. The van der Waals surface area contributed by atoms with Crippen molar-refractivity contribution in [1.82, 2.24) is 4.72 Å². The minimum atomic E-state index is -3.82. The largest absolute Gasteiger partial charge is 0.386 e. The summed E-state index contributed by atoms with van der Waals surface area (Å²) < 4.78 is 39.6. The summed E-state index contributed by atoms with van der Waals surface area (Å²) in [7, 11) is -3.82. The number of nitrogens with one attached hydrogen (secondary N) is 2. The van der Waals surface area contributed by atoms with E-state index in [0.29, 0.717) is 11.1 Å². The monoisotopic (exact) mass is 273 g/mol. The summed E-state index contributed by atoms with van der Waals surface area (Å²) in [5.41, 5.74) is 5.85. The van der Waals surface area contributed by atoms with E-state index in [-0.39, 0.29) is 10.7 Å². The van der Waals surface area contributed by atoms with E-state index in [4.69, 9.17) is 11.1 Å². The molecule has 100 valence electrons. The molecule has 18 heavy (non-hydrogen) atoms. The highest BCUT2D eigenvalue weighted by atomic mass is 32.2. The maximum atomic E-state index is 13.1. The standard InChI is InChI=1S/C11H16FN3O2S/c1-6-4-9(12)5-7(2)10(6)18(16,17)15-8(3)11(13)14/h4-5,8,15H,1-3H3,(H3,13,14). The van der Waals surface area contributed by atoms with Gasteiger partial charge in [0.15, 0.2) is 0 Å². The molecule has 0 fully saturated rings. The van der Waals surface area contributed by atoms with Crippen LogP contribution in [0.1, 0.15) is 18.1 Å². The van der Waals surface area contributed by atoms with Crippen LogP contribution in [-0.2, 0) is 10.0 Å². The highest BCUT2D eigenvalue weighted by molar-refractivity contribution is 7.89. The molecule has 0 aliphatic carbocycles. The first-order chi connectivity index (χ1) is 8.15. The molecule has 1 unspecified atom stereocenters. The predicted octanol–water partition coefficient (Wildman–Crippen LogP) is 1.05. The minimum Gasteiger partial charge on any atom is -0.386 e. The number of benzene rings is 1. The molecule has 0 saturated carbocycles. The van der Waals surface area contributed by atoms with Crippen molar-refractivity contribution in [2.24, 2.45) is 5.73 Å². The molecular weight excluding hydrogens is 257 g/mol. The smallest absolute Gasteiger partial charge is 0.241 e. The fourth-order valence-corrected chi connectivity index (χ4v) is 3.35. The molecule has 4 N–H and O–H groups in total. The van der Waals surface area contributed by atoms with Gasteiger partial charge in [0, 0.05) is 0 Å². The van der Waals surface area contributed by atoms with Gasteiger partial charge in [0.25, 0.3) is 0 Å². The Morgan fingerprint density at radius 2 is 1.83 bits per heavy atom. The van der Waals surface area contributed by atoms with Gasteiger partial charge in [-0.15, -0.1) is 0 Å². The van der Waals surface area contributed by atoms with Crippen LogP contribution in [-0.4, -0.2) is 20.3 Å². The van der Waals surface area contributed by atoms with E-state index < -0.39 is 21.9 Å². The van der Waals surface area contributed by atoms with Gasteiger partial charge < -0.3 is 5.73 Å². The molecule has 1 atom stereocenters. The molecule has 7 heteroatoms. The van der Waals surface area contributed by atoms with E-state index in [2.05, 4.69) is 4.72 Å². The first kappa shape index (κ1) is 14.6. The van der Waals surface area contributed by atoms with Gasteiger partial charge in [-0.1, -0.05) is 0 Å². The number of amidine groups is 1. The molecular formula is C11H16FN3O2S. The lowest BCUT2D eigenvalue weighted by molar-refractivity contribution is 0.575. The summed E-state index contributed by atoms with van der Waals surface area (Å²) in [6.07, 6.45) is 0. The summed E-state index contributed by atoms with van der Waals surface area (Å²) in [6.45, 7) is 4.50. The number of sulfonamides is 1. The Balaban J connectivity index is 3.25. The molecule has 0 amide bonds. The Morgan fingerprint density at radius 1 is 1.39 bits per heavy atom. The summed E-state index contributed by atoms with van der Waals surface area (Å²) >= 11 is 0. The fraction of sp³-hybridized carbons (Fsp3) is 0.364. The van der Waals surface area contributed by atoms with E-state index >= 15 is 0 Å². The number of nitrogens with two attached hydrogens (primary N) is 1. The van der Waals surface area contributed by atoms with Crippen LogP contribution in [0.5, 0.6) is 0 Å². The molecule has 5 nitrogen and oxygen atoms in total. The van der Waals surface area contributed by atoms with Crippen LogP contribution >= 0.6 is 0 Å². The van der Waals surface area contributed by atoms with E-state index in [1.54, 1.807) is 0 Å². The van der Waals surface area contributed by atoms with Crippen molar-refractivity contribution >= 4 is 15.9 Å². The van der Waals surface area contributed by atoms with Gasteiger partial charge >= 0.3 is 0 Å². The van der Waals surface area contributed by atoms with Crippen molar-refractivity contribution in [1.29, 1.82) is 5.41 Å². The lowest BCUT2D eigenvalue weighted by atomic mass is 10.1. The van der Waals surface area contributed by atoms with Crippen molar-refractivity contribution in [2.75, 3.05) is 0 Å². The zero-order valence-electron chi connectivity index (χ0n) is 10.4. The predicted molar refractivity (Wildman–Crippen MR) is 67.6 cm³/mol. The highest BCUT2D eigenvalue weighted by Gasteiger charge is 2.23. The average Bonchev–Trinajstić information content (AvgIpc) is 2.13. The van der Waals surface area contributed by atoms with Crippen molar-refractivity contribution in [3.8, 4) is 0 Å². The van der Waals surface area contributed by atoms with Crippen LogP contribution in [0.4, 0.5) is 4.39 Å². The second kappa shape index (κ2) is 5.03. The molecule has 0 heterocycles. The van der Waals surface area contributed by atoms with Crippen LogP contribution in [0.15, 0.2) is 17.0 Å². The summed E-state index contributed by atoms with van der Waals surface area (Å²) in [5.74, 6) is -0.764. The molecule has 0 radical (unpaired) electrons. The van der Waals surface area contributed by atoms with Crippen molar-refractivity contribution < 1.29 is 12.8 Å². The fourth-order valence-electron chi connectivity index (χ4n) is 1.68. The average molecular weight is 273 g/mol. The third-order valence-corrected chi connectivity index (χ3v) is 4.34. The van der Waals surface area contributed by atoms with Crippen LogP contribution in [0.25, 0.3) is 0 Å². The topological polar surface area (TPSA) is 96.0 Å². The Hall–Kier alpha value is -1.47. The van der Waals surface area contributed by atoms with Crippen LogP contribution in [0.3, 0.4) is 0 Å². The van der Waals surface area contributed by atoms with Crippen LogP contribution in [0, 0.1) is 25.1 Å². The molecule has 0 bridgehead atoms. The van der Waals surface area contributed by atoms with E-state index in [1.165, 1.54) is 20.8 Å². The molecule has 1 aromatic carbocycles. The second-order valence-electron chi connectivity index (χ2n) is 4.17. The van der Waals surface area contributed by atoms with E-state index in [9.17, 15) is 12.8 Å². The second-order valence-corrected chi connectivity index (χ2v) is 5.82. The molecule has 1 aromatic rings. The molecule has 0 spiro atoms. The molecule has 0 aromatic heterocycles. The van der Waals surface area contributed by atoms with Crippen molar-refractivity contribution in [3.63, 3.8) is 0 Å². The van der Waals surface area contributed by atoms with Crippen molar-refractivity contribution in [3.05, 3.63) is 29.1 Å². The number of hydrogen-bond acceptors (Lipinski definition) is 3. The van der Waals surface area contributed by atoms with Crippen molar-refractivity contribution in [2.45, 2.75) is 31.7 Å². The first-order valence-electron chi connectivity index (χ1n) is 5.28. The van der Waals surface area contributed by atoms with Gasteiger partial charge in [-0.3, -0.25) is 5.41 Å². The van der Waals surface area contributed by atoms with E-state index in [0.717, 1.165) is 12.1 Å². The van der Waals surface area contributed by atoms with Gasteiger partial charge in [-0.05, 0) is 44.0 Å². The van der Waals surface area contributed by atoms with Crippen LogP contribution < -0.4 is 10.5 Å². The third-order valence-electron chi connectivity index (χ3n) is 2.49. The maximum Gasteiger partial charge on any atom is 0.241 e. The quantitative estimate of drug-likeness (QED) is 0.565. The molecule has 0 saturated heterocycles. The summed E-state index contributed by atoms with van der Waals surface area (Å²) in [6, 6.07) is 1.50. The van der Waals surface area contributed by atoms with Gasteiger partial charge in [0.1, 0.15) is 11.7 Å². The zero-order valence-corrected chi connectivity index (χ0v) is 11.2. The summed E-state index contributed by atoms with van der Waals surface area (Å²) in [4.78, 5) is 0.0250. The van der Waals surface area contributed by atoms with E-state index in [1.807, 2.05) is 0 Å². The molecule has 1 rings (SSSR count). The van der Waals surface area contributed by atoms with Gasteiger partial charge in [-0.2, -0.15) is 0 Å². The zero-order chi connectivity index (χ0) is 14.1. The maximum absolute atomic E-state index is 13.1. The SMILES string of the molecule is Cc1cc(F)cc(C)c1S(=O)(=O)NC(C)C(=N)N. The number of hydrogen-bond donors (Lipinski definition) is 3. The number of rotatable bonds is 4. The van der Waals surface area contributed by atoms with Gasteiger partial charge in [0.2, 0.25) is 10.0 Å². The normalized spacial score (nSPS) is 13.3. The minimum absolute atomic E-state index is 0.0250. The first-order valence-corrected chi connectivity index (χ1v) is 6.76. The Bertz CT molecular complexity index is 561. The molecule has 0 aliphatic heterocycles. The Labute approximate surface area is 106 Å². The number of halogens is 1. The van der Waals surface area contributed by atoms with Gasteiger partial charge in [0.05, 0.1) is 10.9 Å². The lowest BCUT2D eigenvalue weighted by Crippen LogP contribution is -2.42. The number of aryl methyl sites for hydroxylation is 2. The van der Waals surface area contributed by atoms with Gasteiger partial charge in [-0.25, -0.2) is 17.5 Å². The molecule has 0 aliphatic rings. The third kappa shape index (κ3) is 3.05.